The molecule has 0 radical (unpaired) electrons. The third kappa shape index (κ3) is 5.59. The van der Waals surface area contributed by atoms with Crippen LogP contribution < -0.4 is 21.7 Å². The van der Waals surface area contributed by atoms with Crippen molar-refractivity contribution in [2.24, 2.45) is 40.7 Å². The number of primary amides is 1. The molecule has 2 saturated heterocycles. The average molecular weight is 576 g/mol. The van der Waals surface area contributed by atoms with E-state index in [0.29, 0.717) is 25.4 Å². The van der Waals surface area contributed by atoms with Gasteiger partial charge in [-0.05, 0) is 61.2 Å². The monoisotopic (exact) mass is 575 g/mol. The Balaban J connectivity index is 1.60. The number of halogens is 3. The molecule has 2 aliphatic heterocycles. The lowest BCUT2D eigenvalue weighted by molar-refractivity contribution is -0.146. The Kier molecular flexibility index (Phi) is 7.93. The molecule has 4 aliphatic rings. The van der Waals surface area contributed by atoms with Crippen molar-refractivity contribution >= 4 is 52.7 Å². The Morgan fingerprint density at radius 2 is 1.79 bits per heavy atom. The summed E-state index contributed by atoms with van der Waals surface area (Å²) in [6.45, 7) is 5.89. The number of nitrogens with zero attached hydrogens (tertiary/aromatic N) is 1. The molecule has 10 nitrogen and oxygen atoms in total. The molecule has 2 aliphatic carbocycles. The smallest absolute Gasteiger partial charge is 0.335 e. The van der Waals surface area contributed by atoms with Crippen LogP contribution in [-0.4, -0.2) is 70.2 Å². The van der Waals surface area contributed by atoms with Crippen LogP contribution in [0.2, 0.25) is 0 Å². The highest BCUT2D eigenvalue weighted by atomic mass is 35.5. The first kappa shape index (κ1) is 28.9. The molecule has 0 spiro atoms. The minimum Gasteiger partial charge on any atom is -0.368 e. The second-order valence-corrected chi connectivity index (χ2v) is 13.5. The maximum atomic E-state index is 14.0. The van der Waals surface area contributed by atoms with E-state index in [9.17, 15) is 28.4 Å². The first-order valence-corrected chi connectivity index (χ1v) is 13.9. The van der Waals surface area contributed by atoms with E-state index in [0.717, 1.165) is 19.3 Å². The SMILES string of the molecule is CC(C)(C)[C@H](NC(=O)C(F)(Cl)Cl)C(=O)N1C[C@@H]2[C@@H]3CC[C@@H](C3)[C@@H]2[C@H]1C(=O)N[C@@H](C[C@@H]1CCNC1=O)C(N)=O. The van der Waals surface area contributed by atoms with Gasteiger partial charge in [-0.1, -0.05) is 44.0 Å². The maximum absolute atomic E-state index is 14.0. The lowest BCUT2D eigenvalue weighted by Gasteiger charge is -2.37. The van der Waals surface area contributed by atoms with Crippen LogP contribution in [0.25, 0.3) is 0 Å². The van der Waals surface area contributed by atoms with Crippen molar-refractivity contribution in [2.75, 3.05) is 13.1 Å². The minimum absolute atomic E-state index is 0.0679. The van der Waals surface area contributed by atoms with E-state index >= 15 is 0 Å². The van der Waals surface area contributed by atoms with Gasteiger partial charge in [0.25, 0.3) is 5.91 Å². The summed E-state index contributed by atoms with van der Waals surface area (Å²) in [6.07, 6.45) is 3.54. The van der Waals surface area contributed by atoms with Gasteiger partial charge in [0, 0.05) is 19.0 Å². The predicted octanol–water partition coefficient (Wildman–Crippen LogP) is 0.988. The van der Waals surface area contributed by atoms with E-state index in [2.05, 4.69) is 16.0 Å². The van der Waals surface area contributed by atoms with Crippen LogP contribution in [-0.2, 0) is 24.0 Å². The number of amides is 5. The van der Waals surface area contributed by atoms with Crippen LogP contribution in [0.3, 0.4) is 0 Å². The number of carbonyl (C=O) groups is 5. The Bertz CT molecular complexity index is 1020. The topological polar surface area (TPSA) is 151 Å². The predicted molar refractivity (Wildman–Crippen MR) is 137 cm³/mol. The van der Waals surface area contributed by atoms with Crippen LogP contribution in [0.15, 0.2) is 0 Å². The number of fused-ring (bicyclic) bond motifs is 5. The molecule has 0 aromatic carbocycles. The molecular formula is C25H36Cl2FN5O5. The molecule has 4 fully saturated rings. The highest BCUT2D eigenvalue weighted by Crippen LogP contribution is 2.57. The van der Waals surface area contributed by atoms with Gasteiger partial charge in [-0.2, -0.15) is 4.39 Å². The zero-order valence-corrected chi connectivity index (χ0v) is 23.3. The van der Waals surface area contributed by atoms with Crippen molar-refractivity contribution in [2.45, 2.75) is 75.6 Å². The summed E-state index contributed by atoms with van der Waals surface area (Å²) < 4.78 is 10.7. The van der Waals surface area contributed by atoms with Gasteiger partial charge in [-0.3, -0.25) is 24.0 Å². The summed E-state index contributed by atoms with van der Waals surface area (Å²) in [5.41, 5.74) is 4.73. The van der Waals surface area contributed by atoms with Crippen LogP contribution >= 0.6 is 23.2 Å². The van der Waals surface area contributed by atoms with E-state index in [-0.39, 0.29) is 30.1 Å². The molecule has 0 aromatic rings. The zero-order valence-electron chi connectivity index (χ0n) is 21.8. The van der Waals surface area contributed by atoms with Crippen LogP contribution in [0.5, 0.6) is 0 Å². The molecule has 4 rings (SSSR count). The van der Waals surface area contributed by atoms with E-state index in [1.165, 1.54) is 4.90 Å². The molecule has 38 heavy (non-hydrogen) atoms. The molecule has 2 bridgehead atoms. The largest absolute Gasteiger partial charge is 0.368 e. The summed E-state index contributed by atoms with van der Waals surface area (Å²) in [5.74, 6) is -3.23. The molecule has 2 heterocycles. The number of rotatable bonds is 8. The number of alkyl halides is 3. The Morgan fingerprint density at radius 3 is 2.34 bits per heavy atom. The lowest BCUT2D eigenvalue weighted by Crippen LogP contribution is -2.61. The number of hydrogen-bond acceptors (Lipinski definition) is 5. The molecule has 212 valence electrons. The third-order valence-corrected chi connectivity index (χ3v) is 9.15. The van der Waals surface area contributed by atoms with Gasteiger partial charge in [0.1, 0.15) is 18.1 Å². The highest BCUT2D eigenvalue weighted by Gasteiger charge is 2.60. The van der Waals surface area contributed by atoms with Gasteiger partial charge < -0.3 is 26.6 Å². The third-order valence-electron chi connectivity index (χ3n) is 8.81. The summed E-state index contributed by atoms with van der Waals surface area (Å²) in [5, 5.41) is 7.77. The quantitative estimate of drug-likeness (QED) is 0.318. The molecule has 0 aromatic heterocycles. The molecule has 8 atom stereocenters. The van der Waals surface area contributed by atoms with Gasteiger partial charge in [-0.15, -0.1) is 0 Å². The molecule has 2 saturated carbocycles. The fraction of sp³-hybridized carbons (Fsp3) is 0.800. The average Bonchev–Trinajstić information content (AvgIpc) is 3.57. The Labute approximate surface area is 231 Å². The summed E-state index contributed by atoms with van der Waals surface area (Å²) >= 11 is 10.7. The number of likely N-dealkylation sites (tertiary alicyclic amines) is 1. The normalized spacial score (nSPS) is 31.9. The van der Waals surface area contributed by atoms with Crippen LogP contribution in [0, 0.1) is 35.0 Å². The van der Waals surface area contributed by atoms with E-state index in [1.54, 1.807) is 20.8 Å². The lowest BCUT2D eigenvalue weighted by atomic mass is 9.78. The van der Waals surface area contributed by atoms with Crippen molar-refractivity contribution < 1.29 is 28.4 Å². The van der Waals surface area contributed by atoms with Crippen LogP contribution in [0.4, 0.5) is 4.39 Å². The first-order valence-electron chi connectivity index (χ1n) is 13.1. The number of nitrogens with two attached hydrogens (primary N) is 1. The second kappa shape index (κ2) is 10.4. The molecule has 5 amide bonds. The van der Waals surface area contributed by atoms with Gasteiger partial charge >= 0.3 is 4.59 Å². The van der Waals surface area contributed by atoms with E-state index < -0.39 is 57.7 Å². The van der Waals surface area contributed by atoms with E-state index in [1.807, 2.05) is 0 Å². The maximum Gasteiger partial charge on any atom is 0.335 e. The number of nitrogens with one attached hydrogen (secondary N) is 3. The minimum atomic E-state index is -3.23. The summed E-state index contributed by atoms with van der Waals surface area (Å²) in [6, 6.07) is -3.20. The Hall–Kier alpha value is -2.14. The van der Waals surface area contributed by atoms with Gasteiger partial charge in [-0.25, -0.2) is 0 Å². The summed E-state index contributed by atoms with van der Waals surface area (Å²) in [4.78, 5) is 65.8. The molecular weight excluding hydrogens is 540 g/mol. The second-order valence-electron chi connectivity index (χ2n) is 12.3. The van der Waals surface area contributed by atoms with Gasteiger partial charge in [0.15, 0.2) is 0 Å². The van der Waals surface area contributed by atoms with Crippen molar-refractivity contribution in [1.82, 2.24) is 20.9 Å². The molecule has 5 N–H and O–H groups in total. The van der Waals surface area contributed by atoms with E-state index in [4.69, 9.17) is 28.9 Å². The number of carbonyl (C=O) groups excluding carboxylic acids is 5. The van der Waals surface area contributed by atoms with Crippen LogP contribution in [0.1, 0.15) is 52.9 Å². The van der Waals surface area contributed by atoms with Crippen molar-refractivity contribution in [3.05, 3.63) is 0 Å². The van der Waals surface area contributed by atoms with Crippen molar-refractivity contribution in [3.8, 4) is 0 Å². The van der Waals surface area contributed by atoms with Crippen molar-refractivity contribution in [3.63, 3.8) is 0 Å². The fourth-order valence-corrected chi connectivity index (χ4v) is 7.10. The van der Waals surface area contributed by atoms with Gasteiger partial charge in [0.05, 0.1) is 0 Å². The Morgan fingerprint density at radius 1 is 1.13 bits per heavy atom. The van der Waals surface area contributed by atoms with Crippen molar-refractivity contribution in [1.29, 1.82) is 0 Å². The number of hydrogen-bond donors (Lipinski definition) is 4. The first-order chi connectivity index (χ1) is 17.6. The highest BCUT2D eigenvalue weighted by molar-refractivity contribution is 6.56. The fourth-order valence-electron chi connectivity index (χ4n) is 6.99. The van der Waals surface area contributed by atoms with Gasteiger partial charge in [0.2, 0.25) is 23.6 Å². The zero-order chi connectivity index (χ0) is 28.2. The molecule has 13 heteroatoms. The molecule has 0 unspecified atom stereocenters. The summed E-state index contributed by atoms with van der Waals surface area (Å²) in [7, 11) is 0. The standard InChI is InChI=1S/C25H36Cl2FN5O5/c1-24(2,3)18(32-23(38)25(26,27)28)22(37)33-10-14-11-4-5-12(8-11)16(14)17(33)21(36)31-15(19(29)34)9-13-6-7-30-20(13)35/h11-18H,4-10H2,1-3H3,(H2,29,34)(H,30,35)(H,31,36)(H,32,38)/t11-,12+,13+,14-,15+,16+,17+,18-/m1/s1.